The van der Waals surface area contributed by atoms with E-state index in [9.17, 15) is 75.7 Å². The van der Waals surface area contributed by atoms with Gasteiger partial charge in [-0.15, -0.1) is 0 Å². The van der Waals surface area contributed by atoms with Crippen LogP contribution < -0.4 is 10.6 Å². The van der Waals surface area contributed by atoms with E-state index < -0.39 is 155 Å². The molecule has 0 aromatic carbocycles. The van der Waals surface area contributed by atoms with Gasteiger partial charge in [-0.25, -0.2) is 4.79 Å². The number of hydrogen-bond donors (Lipinski definition) is 14. The van der Waals surface area contributed by atoms with Crippen molar-refractivity contribution in [3.05, 3.63) is 36.5 Å². The first kappa shape index (κ1) is 77.2. The molecule has 23 heteroatoms. The summed E-state index contributed by atoms with van der Waals surface area (Å²) < 4.78 is 34.6. The van der Waals surface area contributed by atoms with E-state index in [4.69, 9.17) is 28.4 Å². The van der Waals surface area contributed by atoms with Crippen molar-refractivity contribution in [3.63, 3.8) is 0 Å². The average Bonchev–Trinajstić information content (AvgIpc) is 0.920. The number of ether oxygens (including phenoxy) is 6. The Labute approximate surface area is 510 Å². The highest BCUT2D eigenvalue weighted by molar-refractivity contribution is 5.77. The smallest absolute Gasteiger partial charge is 0.364 e. The lowest BCUT2D eigenvalue weighted by Gasteiger charge is -2.50. The molecule has 18 unspecified atom stereocenters. The molecule has 86 heavy (non-hydrogen) atoms. The summed E-state index contributed by atoms with van der Waals surface area (Å²) in [6, 6.07) is -2.62. The van der Waals surface area contributed by atoms with Gasteiger partial charge in [-0.05, 0) is 51.4 Å². The van der Waals surface area contributed by atoms with E-state index in [1.807, 2.05) is 6.08 Å². The minimum Gasteiger partial charge on any atom is -0.477 e. The summed E-state index contributed by atoms with van der Waals surface area (Å²) in [6.07, 6.45) is 13.7. The normalized spacial score (nSPS) is 29.6. The minimum absolute atomic E-state index is 0.190. The van der Waals surface area contributed by atoms with Gasteiger partial charge in [-0.2, -0.15) is 0 Å². The molecule has 14 N–H and O–H groups in total. The average molecular weight is 1230 g/mol. The van der Waals surface area contributed by atoms with Crippen LogP contribution in [0.2, 0.25) is 0 Å². The number of unbranched alkanes of at least 4 members (excludes halogenated alkanes) is 23. The summed E-state index contributed by atoms with van der Waals surface area (Å²) in [6.45, 7) is 2.06. The second-order valence-electron chi connectivity index (χ2n) is 23.6. The Morgan fingerprint density at radius 2 is 1.13 bits per heavy atom. The van der Waals surface area contributed by atoms with Gasteiger partial charge in [0.2, 0.25) is 11.8 Å². The van der Waals surface area contributed by atoms with Crippen LogP contribution in [0.1, 0.15) is 207 Å². The Hall–Kier alpha value is -3.05. The van der Waals surface area contributed by atoms with Crippen molar-refractivity contribution in [2.24, 2.45) is 0 Å². The zero-order valence-electron chi connectivity index (χ0n) is 51.7. The van der Waals surface area contributed by atoms with E-state index in [0.717, 1.165) is 96.8 Å². The molecule has 23 nitrogen and oxygen atoms in total. The number of carbonyl (C=O) groups is 3. The number of amides is 2. The Morgan fingerprint density at radius 1 is 0.616 bits per heavy atom. The minimum atomic E-state index is -3.08. The Balaban J connectivity index is 1.58. The summed E-state index contributed by atoms with van der Waals surface area (Å²) in [5, 5.41) is 135. The molecule has 3 heterocycles. The molecule has 3 aliphatic rings. The lowest BCUT2D eigenvalue weighted by molar-refractivity contribution is -0.386. The van der Waals surface area contributed by atoms with Crippen molar-refractivity contribution < 1.29 is 104 Å². The van der Waals surface area contributed by atoms with Crippen molar-refractivity contribution in [1.29, 1.82) is 0 Å². The maximum atomic E-state index is 13.4. The first-order valence-electron chi connectivity index (χ1n) is 32.4. The van der Waals surface area contributed by atoms with Gasteiger partial charge in [0.25, 0.3) is 5.79 Å². The monoisotopic (exact) mass is 1230 g/mol. The van der Waals surface area contributed by atoms with Gasteiger partial charge in [0.1, 0.15) is 67.1 Å². The zero-order chi connectivity index (χ0) is 63.3. The van der Waals surface area contributed by atoms with Crippen LogP contribution in [0.3, 0.4) is 0 Å². The number of carbonyl (C=O) groups excluding carboxylic acids is 2. The highest BCUT2D eigenvalue weighted by Crippen LogP contribution is 2.38. The van der Waals surface area contributed by atoms with Gasteiger partial charge in [-0.1, -0.05) is 172 Å². The molecule has 0 radical (unpaired) electrons. The van der Waals surface area contributed by atoms with E-state index in [1.54, 1.807) is 6.08 Å². The molecule has 3 aliphatic heterocycles. The third-order valence-corrected chi connectivity index (χ3v) is 16.3. The van der Waals surface area contributed by atoms with Crippen molar-refractivity contribution >= 4 is 17.8 Å². The Kier molecular flexibility index (Phi) is 39.9. The van der Waals surface area contributed by atoms with Gasteiger partial charge >= 0.3 is 5.97 Å². The van der Waals surface area contributed by atoms with E-state index >= 15 is 0 Å². The number of carboxylic acids is 1. The molecule has 0 spiro atoms. The van der Waals surface area contributed by atoms with Gasteiger partial charge in [0.05, 0.1) is 50.7 Å². The summed E-state index contributed by atoms with van der Waals surface area (Å²) in [4.78, 5) is 38.4. The van der Waals surface area contributed by atoms with Crippen LogP contribution in [0.15, 0.2) is 36.5 Å². The highest BCUT2D eigenvalue weighted by Gasteiger charge is 2.60. The highest BCUT2D eigenvalue weighted by atomic mass is 16.8. The van der Waals surface area contributed by atoms with Crippen LogP contribution in [0.4, 0.5) is 0 Å². The molecule has 3 fully saturated rings. The topological polar surface area (TPSA) is 373 Å². The van der Waals surface area contributed by atoms with Gasteiger partial charge in [0, 0.05) is 19.8 Å². The summed E-state index contributed by atoms with van der Waals surface area (Å²) >= 11 is 0. The fraction of sp³-hybridized carbons (Fsp3) is 0.857. The van der Waals surface area contributed by atoms with E-state index in [0.29, 0.717) is 12.8 Å². The molecule has 0 aromatic heterocycles. The molecule has 0 aliphatic carbocycles. The van der Waals surface area contributed by atoms with E-state index in [2.05, 4.69) is 48.8 Å². The predicted octanol–water partition coefficient (Wildman–Crippen LogP) is 4.28. The number of hydrogen-bond acceptors (Lipinski definition) is 20. The standard InChI is InChI=1S/C63H112N2O21/c1-4-6-8-10-12-14-15-16-17-18-19-20-21-22-23-24-25-26-27-29-31-33-35-37-50(73)65-44(45(70)36-34-32-30-28-13-11-9-7-5-2)42-81-60-55(77)54(76)57(49(41-68)83-60)84-61-56(78)59(53(75)48(40-67)82-61)86-63(62(79)80)38-46(71)51(64-43(3)69)58(85-63)52(74)47(72)39-66/h19-20,22-23,34,36,44-49,51-61,66-68,70-72,74-78H,4-18,21,24-33,35,37-42H2,1-3H3,(H,64,69)(H,65,73)(H,79,80)/b20-19-,23-22-,36-34+. The number of carboxylic acid groups (broad SMARTS) is 1. The number of aliphatic hydroxyl groups excluding tert-OH is 11. The molecule has 500 valence electrons. The first-order chi connectivity index (χ1) is 41.4. The van der Waals surface area contributed by atoms with Crippen LogP contribution in [-0.4, -0.2) is 215 Å². The van der Waals surface area contributed by atoms with Crippen molar-refractivity contribution in [2.45, 2.75) is 317 Å². The number of aliphatic hydroxyl groups is 11. The molecule has 2 amide bonds. The molecule has 18 atom stereocenters. The maximum absolute atomic E-state index is 13.4. The zero-order valence-corrected chi connectivity index (χ0v) is 51.7. The lowest BCUT2D eigenvalue weighted by Crippen LogP contribution is -2.70. The van der Waals surface area contributed by atoms with Crippen LogP contribution >= 0.6 is 0 Å². The Morgan fingerprint density at radius 3 is 1.64 bits per heavy atom. The molecule has 0 bridgehead atoms. The number of allylic oxidation sites excluding steroid dienone is 5. The summed E-state index contributed by atoms with van der Waals surface area (Å²) in [5.41, 5.74) is 0. The predicted molar refractivity (Wildman–Crippen MR) is 320 cm³/mol. The third kappa shape index (κ3) is 27.6. The molecular formula is C63H112N2O21. The number of aliphatic carboxylic acids is 1. The second kappa shape index (κ2) is 44.4. The van der Waals surface area contributed by atoms with E-state index in [-0.39, 0.29) is 12.3 Å². The summed E-state index contributed by atoms with van der Waals surface area (Å²) in [5.74, 6) is -6.16. The fourth-order valence-electron chi connectivity index (χ4n) is 11.1. The third-order valence-electron chi connectivity index (χ3n) is 16.3. The van der Waals surface area contributed by atoms with Crippen molar-refractivity contribution in [2.75, 3.05) is 26.4 Å². The van der Waals surface area contributed by atoms with Gasteiger partial charge in [-0.3, -0.25) is 9.59 Å². The number of rotatable bonds is 47. The second-order valence-corrected chi connectivity index (χ2v) is 23.6. The van der Waals surface area contributed by atoms with Crippen molar-refractivity contribution in [1.82, 2.24) is 10.6 Å². The van der Waals surface area contributed by atoms with Crippen LogP contribution in [0.25, 0.3) is 0 Å². The van der Waals surface area contributed by atoms with Gasteiger partial charge in [0.15, 0.2) is 12.6 Å². The van der Waals surface area contributed by atoms with Crippen LogP contribution in [0.5, 0.6) is 0 Å². The Bertz CT molecular complexity index is 1900. The molecule has 3 rings (SSSR count). The molecular weight excluding hydrogens is 1120 g/mol. The van der Waals surface area contributed by atoms with Crippen LogP contribution in [0, 0.1) is 0 Å². The fourth-order valence-corrected chi connectivity index (χ4v) is 11.1. The van der Waals surface area contributed by atoms with Crippen molar-refractivity contribution in [3.8, 4) is 0 Å². The molecule has 0 saturated carbocycles. The maximum Gasteiger partial charge on any atom is 0.364 e. The lowest BCUT2D eigenvalue weighted by atomic mass is 9.88. The van der Waals surface area contributed by atoms with E-state index in [1.165, 1.54) is 70.6 Å². The summed E-state index contributed by atoms with van der Waals surface area (Å²) in [7, 11) is 0. The van der Waals surface area contributed by atoms with Crippen LogP contribution in [-0.2, 0) is 42.8 Å². The first-order valence-corrected chi connectivity index (χ1v) is 32.4. The molecule has 0 aromatic rings. The largest absolute Gasteiger partial charge is 0.477 e. The quantitative estimate of drug-likeness (QED) is 0.0299. The van der Waals surface area contributed by atoms with Gasteiger partial charge < -0.3 is 100 Å². The molecule has 3 saturated heterocycles. The SMILES string of the molecule is CCCCCCCCC/C=C/C(O)C(COC1OC(CO)C(OC2OC(CO)C(O)C(OC3(C(=O)O)CC(O)C(NC(C)=O)C(C(O)C(O)CO)O3)C2O)C(O)C1O)NC(=O)CCCCCCCCC/C=C\C/C=C\CCCCCCCCCCC. The number of nitrogens with one attached hydrogen (secondary N) is 2.